The summed E-state index contributed by atoms with van der Waals surface area (Å²) < 4.78 is 10.9. The van der Waals surface area contributed by atoms with Crippen molar-refractivity contribution in [1.29, 1.82) is 0 Å². The fraction of sp³-hybridized carbons (Fsp3) is 0.667. The van der Waals surface area contributed by atoms with Crippen LogP contribution in [0, 0.1) is 0 Å². The van der Waals surface area contributed by atoms with Crippen LogP contribution in [0.5, 0.6) is 0 Å². The Labute approximate surface area is 110 Å². The number of hydrogen-bond acceptors (Lipinski definition) is 6. The second-order valence-corrected chi connectivity index (χ2v) is 6.30. The van der Waals surface area contributed by atoms with Crippen molar-refractivity contribution in [3.63, 3.8) is 0 Å². The standard InChI is InChI=1S/C12H18N2O3S/c1-12(2,3)17-10(15)9-8(14-11(13)18-9)7-5-4-6-16-7/h7H,4-6H2,1-3H3,(H2,13,14). The quantitative estimate of drug-likeness (QED) is 0.836. The van der Waals surface area contributed by atoms with Crippen LogP contribution in [0.15, 0.2) is 0 Å². The monoisotopic (exact) mass is 270 g/mol. The largest absolute Gasteiger partial charge is 0.456 e. The first-order valence-corrected chi connectivity index (χ1v) is 6.79. The van der Waals surface area contributed by atoms with Crippen LogP contribution in [0.25, 0.3) is 0 Å². The smallest absolute Gasteiger partial charge is 0.350 e. The van der Waals surface area contributed by atoms with Gasteiger partial charge in [-0.15, -0.1) is 0 Å². The number of nitrogens with zero attached hydrogens (tertiary/aromatic N) is 1. The van der Waals surface area contributed by atoms with E-state index in [0.717, 1.165) is 24.2 Å². The molecule has 1 saturated heterocycles. The maximum Gasteiger partial charge on any atom is 0.350 e. The lowest BCUT2D eigenvalue weighted by Gasteiger charge is -2.19. The predicted molar refractivity (Wildman–Crippen MR) is 69.6 cm³/mol. The third-order valence-electron chi connectivity index (χ3n) is 2.49. The Morgan fingerprint density at radius 3 is 2.83 bits per heavy atom. The molecular weight excluding hydrogens is 252 g/mol. The van der Waals surface area contributed by atoms with Crippen molar-refractivity contribution in [2.45, 2.75) is 45.3 Å². The van der Waals surface area contributed by atoms with Crippen LogP contribution in [-0.2, 0) is 9.47 Å². The van der Waals surface area contributed by atoms with Gasteiger partial charge in [0.25, 0.3) is 0 Å². The molecule has 0 amide bonds. The number of nitrogens with two attached hydrogens (primary N) is 1. The van der Waals surface area contributed by atoms with Gasteiger partial charge in [-0.2, -0.15) is 0 Å². The first-order chi connectivity index (χ1) is 8.37. The molecule has 0 saturated carbocycles. The van der Waals surface area contributed by atoms with Gasteiger partial charge < -0.3 is 15.2 Å². The van der Waals surface area contributed by atoms with Gasteiger partial charge in [-0.1, -0.05) is 11.3 Å². The summed E-state index contributed by atoms with van der Waals surface area (Å²) >= 11 is 1.16. The van der Waals surface area contributed by atoms with E-state index < -0.39 is 5.60 Å². The van der Waals surface area contributed by atoms with Gasteiger partial charge in [0.15, 0.2) is 5.13 Å². The van der Waals surface area contributed by atoms with Crippen molar-refractivity contribution in [2.75, 3.05) is 12.3 Å². The van der Waals surface area contributed by atoms with Gasteiger partial charge in [0.05, 0.1) is 5.69 Å². The van der Waals surface area contributed by atoms with Crippen molar-refractivity contribution in [3.8, 4) is 0 Å². The van der Waals surface area contributed by atoms with E-state index >= 15 is 0 Å². The molecule has 5 nitrogen and oxygen atoms in total. The van der Waals surface area contributed by atoms with E-state index in [-0.39, 0.29) is 12.1 Å². The first-order valence-electron chi connectivity index (χ1n) is 5.98. The summed E-state index contributed by atoms with van der Waals surface area (Å²) in [6, 6.07) is 0. The van der Waals surface area contributed by atoms with Gasteiger partial charge in [0.2, 0.25) is 0 Å². The normalized spacial score (nSPS) is 20.1. The van der Waals surface area contributed by atoms with Crippen molar-refractivity contribution in [3.05, 3.63) is 10.6 Å². The van der Waals surface area contributed by atoms with Crippen LogP contribution in [-0.4, -0.2) is 23.2 Å². The van der Waals surface area contributed by atoms with E-state index in [0.29, 0.717) is 22.3 Å². The van der Waals surface area contributed by atoms with Crippen molar-refractivity contribution in [2.24, 2.45) is 0 Å². The molecule has 1 aromatic rings. The van der Waals surface area contributed by atoms with Gasteiger partial charge in [0.1, 0.15) is 16.6 Å². The van der Waals surface area contributed by atoms with Gasteiger partial charge in [-0.05, 0) is 33.6 Å². The number of carbonyl (C=O) groups excluding carboxylic acids is 1. The zero-order valence-corrected chi connectivity index (χ0v) is 11.7. The highest BCUT2D eigenvalue weighted by Crippen LogP contribution is 2.34. The first kappa shape index (κ1) is 13.3. The summed E-state index contributed by atoms with van der Waals surface area (Å²) in [6.07, 6.45) is 1.73. The fourth-order valence-corrected chi connectivity index (χ4v) is 2.59. The molecule has 1 atom stereocenters. The summed E-state index contributed by atoms with van der Waals surface area (Å²) in [5, 5.41) is 0.376. The van der Waals surface area contributed by atoms with Crippen LogP contribution >= 0.6 is 11.3 Å². The summed E-state index contributed by atoms with van der Waals surface area (Å²) in [7, 11) is 0. The number of hydrogen-bond donors (Lipinski definition) is 1. The molecule has 6 heteroatoms. The SMILES string of the molecule is CC(C)(C)OC(=O)c1sc(N)nc1C1CCCO1. The molecule has 0 bridgehead atoms. The molecule has 0 aromatic carbocycles. The number of nitrogen functional groups attached to an aromatic ring is 1. The van der Waals surface area contributed by atoms with E-state index in [1.54, 1.807) is 0 Å². The molecule has 1 aliphatic rings. The van der Waals surface area contributed by atoms with E-state index in [4.69, 9.17) is 15.2 Å². The lowest BCUT2D eigenvalue weighted by Crippen LogP contribution is -2.24. The molecule has 0 radical (unpaired) electrons. The minimum Gasteiger partial charge on any atom is -0.456 e. The Hall–Kier alpha value is -1.14. The number of esters is 1. The van der Waals surface area contributed by atoms with Crippen LogP contribution < -0.4 is 5.73 Å². The van der Waals surface area contributed by atoms with Gasteiger partial charge in [0, 0.05) is 6.61 Å². The van der Waals surface area contributed by atoms with E-state index in [1.165, 1.54) is 0 Å². The molecule has 2 N–H and O–H groups in total. The molecule has 0 aliphatic carbocycles. The molecule has 0 spiro atoms. The second-order valence-electron chi connectivity index (χ2n) is 5.27. The Kier molecular flexibility index (Phi) is 3.59. The number of ether oxygens (including phenoxy) is 2. The molecule has 100 valence electrons. The van der Waals surface area contributed by atoms with Crippen LogP contribution in [0.4, 0.5) is 5.13 Å². The molecule has 1 fully saturated rings. The summed E-state index contributed by atoms with van der Waals surface area (Å²) in [5.41, 5.74) is 5.80. The zero-order chi connectivity index (χ0) is 13.3. The Balaban J connectivity index is 2.24. The lowest BCUT2D eigenvalue weighted by molar-refractivity contribution is 0.00681. The zero-order valence-electron chi connectivity index (χ0n) is 10.9. The van der Waals surface area contributed by atoms with E-state index in [2.05, 4.69) is 4.98 Å². The lowest BCUT2D eigenvalue weighted by atomic mass is 10.1. The Bertz CT molecular complexity index is 445. The minimum absolute atomic E-state index is 0.124. The number of rotatable bonds is 2. The maximum atomic E-state index is 12.1. The number of aromatic nitrogens is 1. The highest BCUT2D eigenvalue weighted by Gasteiger charge is 2.30. The summed E-state index contributed by atoms with van der Waals surface area (Å²) in [5.74, 6) is -0.373. The number of carbonyl (C=O) groups is 1. The summed E-state index contributed by atoms with van der Waals surface area (Å²) in [6.45, 7) is 6.21. The average molecular weight is 270 g/mol. The van der Waals surface area contributed by atoms with Crippen LogP contribution in [0.3, 0.4) is 0 Å². The summed E-state index contributed by atoms with van der Waals surface area (Å²) in [4.78, 5) is 16.8. The van der Waals surface area contributed by atoms with Crippen LogP contribution in [0.2, 0.25) is 0 Å². The molecule has 1 aromatic heterocycles. The Morgan fingerprint density at radius 1 is 1.56 bits per heavy atom. The topological polar surface area (TPSA) is 74.4 Å². The van der Waals surface area contributed by atoms with Crippen molar-refractivity contribution >= 4 is 22.4 Å². The van der Waals surface area contributed by atoms with Gasteiger partial charge in [-0.25, -0.2) is 9.78 Å². The number of anilines is 1. The predicted octanol–water partition coefficient (Wildman–Crippen LogP) is 2.53. The van der Waals surface area contributed by atoms with Gasteiger partial charge >= 0.3 is 5.97 Å². The third-order valence-corrected chi connectivity index (χ3v) is 3.37. The fourth-order valence-electron chi connectivity index (χ4n) is 1.83. The molecular formula is C12H18N2O3S. The molecule has 1 aliphatic heterocycles. The van der Waals surface area contributed by atoms with E-state index in [1.807, 2.05) is 20.8 Å². The molecule has 18 heavy (non-hydrogen) atoms. The van der Waals surface area contributed by atoms with E-state index in [9.17, 15) is 4.79 Å². The van der Waals surface area contributed by atoms with Crippen LogP contribution in [0.1, 0.15) is 55.1 Å². The highest BCUT2D eigenvalue weighted by atomic mass is 32.1. The molecule has 2 rings (SSSR count). The average Bonchev–Trinajstić information content (AvgIpc) is 2.82. The second kappa shape index (κ2) is 4.85. The van der Waals surface area contributed by atoms with Crippen molar-refractivity contribution in [1.82, 2.24) is 4.98 Å². The van der Waals surface area contributed by atoms with Gasteiger partial charge in [-0.3, -0.25) is 0 Å². The highest BCUT2D eigenvalue weighted by molar-refractivity contribution is 7.17. The molecule has 1 unspecified atom stereocenters. The molecule has 2 heterocycles. The number of thiazole rings is 1. The minimum atomic E-state index is -0.524. The third kappa shape index (κ3) is 3.00. The Morgan fingerprint density at radius 2 is 2.28 bits per heavy atom. The van der Waals surface area contributed by atoms with Crippen molar-refractivity contribution < 1.29 is 14.3 Å². The maximum absolute atomic E-state index is 12.1.